The van der Waals surface area contributed by atoms with E-state index in [2.05, 4.69) is 15.3 Å². The Kier molecular flexibility index (Phi) is 6.79. The standard InChI is InChI=1S/C29H23ClN4O3/c1-18-5-12-24(32-16-18)27(35)20-8-6-19(7-9-20)17-34-26(15-22-4-2-3-13-31-22)28(36)33-25-14-21(30)10-11-23(25)29(34)37/h2-14,16,26H,15,17H2,1H3,(H,33,36). The molecule has 37 heavy (non-hydrogen) atoms. The van der Waals surface area contributed by atoms with E-state index < -0.39 is 6.04 Å². The average Bonchev–Trinajstić information content (AvgIpc) is 2.99. The van der Waals surface area contributed by atoms with Crippen molar-refractivity contribution in [1.29, 1.82) is 0 Å². The third-order valence-electron chi connectivity index (χ3n) is 6.25. The van der Waals surface area contributed by atoms with E-state index in [1.54, 1.807) is 71.9 Å². The minimum Gasteiger partial charge on any atom is -0.323 e. The maximum atomic E-state index is 13.7. The Morgan fingerprint density at radius 2 is 1.81 bits per heavy atom. The molecule has 4 aromatic rings. The number of aryl methyl sites for hydroxylation is 1. The third kappa shape index (κ3) is 5.27. The monoisotopic (exact) mass is 510 g/mol. The summed E-state index contributed by atoms with van der Waals surface area (Å²) in [7, 11) is 0. The van der Waals surface area contributed by atoms with Crippen molar-refractivity contribution >= 4 is 34.9 Å². The quantitative estimate of drug-likeness (QED) is 0.373. The number of rotatable bonds is 6. The molecule has 0 bridgehead atoms. The number of benzene rings is 2. The molecule has 0 fully saturated rings. The van der Waals surface area contributed by atoms with Crippen LogP contribution in [-0.4, -0.2) is 38.5 Å². The Morgan fingerprint density at radius 3 is 2.51 bits per heavy atom. The molecule has 1 N–H and O–H groups in total. The van der Waals surface area contributed by atoms with Gasteiger partial charge in [-0.2, -0.15) is 0 Å². The summed E-state index contributed by atoms with van der Waals surface area (Å²) >= 11 is 6.13. The summed E-state index contributed by atoms with van der Waals surface area (Å²) in [6.07, 6.45) is 3.56. The van der Waals surface area contributed by atoms with Crippen LogP contribution in [0.15, 0.2) is 85.2 Å². The number of pyridine rings is 2. The van der Waals surface area contributed by atoms with E-state index in [1.807, 2.05) is 25.1 Å². The van der Waals surface area contributed by atoms with Gasteiger partial charge in [-0.25, -0.2) is 0 Å². The minimum atomic E-state index is -0.799. The molecule has 7 nitrogen and oxygen atoms in total. The van der Waals surface area contributed by atoms with E-state index in [0.29, 0.717) is 33.2 Å². The zero-order chi connectivity index (χ0) is 25.9. The van der Waals surface area contributed by atoms with Gasteiger partial charge < -0.3 is 10.2 Å². The predicted molar refractivity (Wildman–Crippen MR) is 141 cm³/mol. The second-order valence-corrected chi connectivity index (χ2v) is 9.34. The molecule has 0 radical (unpaired) electrons. The van der Waals surface area contributed by atoms with E-state index in [9.17, 15) is 14.4 Å². The minimum absolute atomic E-state index is 0.170. The Bertz CT molecular complexity index is 1470. The summed E-state index contributed by atoms with van der Waals surface area (Å²) in [5.74, 6) is -0.803. The molecule has 1 unspecified atom stereocenters. The van der Waals surface area contributed by atoms with Gasteiger partial charge in [-0.1, -0.05) is 48.0 Å². The fraction of sp³-hybridized carbons (Fsp3) is 0.138. The number of halogens is 1. The highest BCUT2D eigenvalue weighted by Gasteiger charge is 2.36. The summed E-state index contributed by atoms with van der Waals surface area (Å²) in [5, 5.41) is 3.28. The number of hydrogen-bond donors (Lipinski definition) is 1. The largest absolute Gasteiger partial charge is 0.323 e. The van der Waals surface area contributed by atoms with Crippen molar-refractivity contribution in [3.8, 4) is 0 Å². The average molecular weight is 511 g/mol. The van der Waals surface area contributed by atoms with Gasteiger partial charge in [0, 0.05) is 41.6 Å². The molecule has 1 atom stereocenters. The first-order valence-electron chi connectivity index (χ1n) is 11.8. The zero-order valence-electron chi connectivity index (χ0n) is 20.0. The topological polar surface area (TPSA) is 92.3 Å². The summed E-state index contributed by atoms with van der Waals surface area (Å²) in [5.41, 5.74) is 4.03. The molecule has 8 heteroatoms. The van der Waals surface area contributed by atoms with Crippen LogP contribution in [0.2, 0.25) is 5.02 Å². The van der Waals surface area contributed by atoms with Crippen molar-refractivity contribution in [3.63, 3.8) is 0 Å². The molecule has 1 aliphatic heterocycles. The van der Waals surface area contributed by atoms with Crippen molar-refractivity contribution < 1.29 is 14.4 Å². The number of nitrogens with one attached hydrogen (secondary N) is 1. The molecule has 2 amide bonds. The molecular weight excluding hydrogens is 488 g/mol. The van der Waals surface area contributed by atoms with Crippen LogP contribution < -0.4 is 5.32 Å². The molecule has 0 aliphatic carbocycles. The summed E-state index contributed by atoms with van der Waals surface area (Å²) < 4.78 is 0. The van der Waals surface area contributed by atoms with Gasteiger partial charge in [-0.15, -0.1) is 0 Å². The van der Waals surface area contributed by atoms with Crippen LogP contribution in [0.5, 0.6) is 0 Å². The molecule has 0 saturated carbocycles. The molecule has 0 spiro atoms. The van der Waals surface area contributed by atoms with E-state index in [4.69, 9.17) is 11.6 Å². The van der Waals surface area contributed by atoms with Gasteiger partial charge >= 0.3 is 0 Å². The molecule has 5 rings (SSSR count). The van der Waals surface area contributed by atoms with Crippen LogP contribution in [0.3, 0.4) is 0 Å². The Balaban J connectivity index is 1.45. The van der Waals surface area contributed by atoms with Crippen molar-refractivity contribution in [3.05, 3.63) is 124 Å². The van der Waals surface area contributed by atoms with Gasteiger partial charge in [0.15, 0.2) is 0 Å². The number of nitrogens with zero attached hydrogens (tertiary/aromatic N) is 3. The van der Waals surface area contributed by atoms with Crippen LogP contribution in [0, 0.1) is 6.92 Å². The lowest BCUT2D eigenvalue weighted by molar-refractivity contribution is -0.120. The van der Waals surface area contributed by atoms with Crippen molar-refractivity contribution in [2.45, 2.75) is 25.9 Å². The smallest absolute Gasteiger partial charge is 0.256 e. The number of amides is 2. The highest BCUT2D eigenvalue weighted by molar-refractivity contribution is 6.31. The van der Waals surface area contributed by atoms with Gasteiger partial charge in [0.05, 0.1) is 11.3 Å². The zero-order valence-corrected chi connectivity index (χ0v) is 20.8. The van der Waals surface area contributed by atoms with Gasteiger partial charge in [-0.3, -0.25) is 24.4 Å². The first kappa shape index (κ1) is 24.3. The van der Waals surface area contributed by atoms with E-state index >= 15 is 0 Å². The second kappa shape index (κ2) is 10.3. The lowest BCUT2D eigenvalue weighted by Gasteiger charge is -2.28. The summed E-state index contributed by atoms with van der Waals surface area (Å²) in [4.78, 5) is 50.0. The molecule has 2 aromatic heterocycles. The normalized spacial score (nSPS) is 15.1. The number of ketones is 1. The molecule has 2 aromatic carbocycles. The van der Waals surface area contributed by atoms with Gasteiger partial charge in [0.1, 0.15) is 11.7 Å². The number of hydrogen-bond acceptors (Lipinski definition) is 5. The lowest BCUT2D eigenvalue weighted by atomic mass is 10.0. The molecular formula is C29H23ClN4O3. The first-order chi connectivity index (χ1) is 17.9. The molecule has 184 valence electrons. The fourth-order valence-electron chi connectivity index (χ4n) is 4.27. The predicted octanol–water partition coefficient (Wildman–Crippen LogP) is 4.88. The maximum Gasteiger partial charge on any atom is 0.256 e. The van der Waals surface area contributed by atoms with Crippen LogP contribution >= 0.6 is 11.6 Å². The maximum absolute atomic E-state index is 13.7. The number of aromatic nitrogens is 2. The van der Waals surface area contributed by atoms with Gasteiger partial charge in [0.2, 0.25) is 11.7 Å². The highest BCUT2D eigenvalue weighted by Crippen LogP contribution is 2.28. The van der Waals surface area contributed by atoms with Crippen LogP contribution in [0.25, 0.3) is 0 Å². The lowest BCUT2D eigenvalue weighted by Crippen LogP contribution is -2.46. The van der Waals surface area contributed by atoms with Crippen LogP contribution in [0.4, 0.5) is 5.69 Å². The third-order valence-corrected chi connectivity index (χ3v) is 6.49. The molecule has 0 saturated heterocycles. The Hall–Kier alpha value is -4.36. The Labute approximate surface area is 219 Å². The van der Waals surface area contributed by atoms with Crippen molar-refractivity contribution in [1.82, 2.24) is 14.9 Å². The number of carbonyl (C=O) groups is 3. The fourth-order valence-corrected chi connectivity index (χ4v) is 4.44. The molecule has 3 heterocycles. The van der Waals surface area contributed by atoms with Crippen molar-refractivity contribution in [2.24, 2.45) is 0 Å². The van der Waals surface area contributed by atoms with Gasteiger partial charge in [0.25, 0.3) is 5.91 Å². The second-order valence-electron chi connectivity index (χ2n) is 8.90. The van der Waals surface area contributed by atoms with E-state index in [-0.39, 0.29) is 30.6 Å². The first-order valence-corrected chi connectivity index (χ1v) is 12.1. The van der Waals surface area contributed by atoms with Crippen molar-refractivity contribution in [2.75, 3.05) is 5.32 Å². The summed E-state index contributed by atoms with van der Waals surface area (Å²) in [6, 6.07) is 20.0. The number of fused-ring (bicyclic) bond motifs is 1. The van der Waals surface area contributed by atoms with E-state index in [0.717, 1.165) is 11.1 Å². The van der Waals surface area contributed by atoms with Crippen LogP contribution in [0.1, 0.15) is 43.2 Å². The number of carbonyl (C=O) groups excluding carboxylic acids is 3. The summed E-state index contributed by atoms with van der Waals surface area (Å²) in [6.45, 7) is 2.08. The molecule has 1 aliphatic rings. The number of anilines is 1. The van der Waals surface area contributed by atoms with Gasteiger partial charge in [-0.05, 0) is 54.4 Å². The van der Waals surface area contributed by atoms with E-state index in [1.165, 1.54) is 0 Å². The Morgan fingerprint density at radius 1 is 1.00 bits per heavy atom. The SMILES string of the molecule is Cc1ccc(C(=O)c2ccc(CN3C(=O)c4ccc(Cl)cc4NC(=O)C3Cc3ccccn3)cc2)nc1. The highest BCUT2D eigenvalue weighted by atomic mass is 35.5. The van der Waals surface area contributed by atoms with Crippen LogP contribution in [-0.2, 0) is 17.8 Å².